The molecule has 0 radical (unpaired) electrons. The maximum absolute atomic E-state index is 12.0. The van der Waals surface area contributed by atoms with Crippen LogP contribution in [0.5, 0.6) is 0 Å². The van der Waals surface area contributed by atoms with Crippen LogP contribution in [0.15, 0.2) is 24.3 Å². The molecule has 0 heterocycles. The van der Waals surface area contributed by atoms with E-state index in [9.17, 15) is 14.4 Å². The average molecular weight is 362 g/mol. The summed E-state index contributed by atoms with van der Waals surface area (Å²) in [6.07, 6.45) is 0.784. The molecule has 26 heavy (non-hydrogen) atoms. The zero-order valence-electron chi connectivity index (χ0n) is 16.6. The van der Waals surface area contributed by atoms with Crippen LogP contribution in [0, 0.1) is 12.3 Å². The SMILES string of the molecule is Cc1cccc(C(=O)NCC(=O)OCC(=O)NC(C)(C)CC(C)(C)C)c1. The van der Waals surface area contributed by atoms with Gasteiger partial charge in [-0.15, -0.1) is 0 Å². The molecule has 0 aliphatic heterocycles. The predicted octanol–water partition coefficient (Wildman–Crippen LogP) is 2.60. The molecule has 0 aromatic heterocycles. The number of ether oxygens (including phenoxy) is 1. The van der Waals surface area contributed by atoms with Gasteiger partial charge in [0.1, 0.15) is 6.54 Å². The van der Waals surface area contributed by atoms with Gasteiger partial charge in [0, 0.05) is 11.1 Å². The van der Waals surface area contributed by atoms with E-state index in [0.717, 1.165) is 12.0 Å². The van der Waals surface area contributed by atoms with Crippen molar-refractivity contribution in [1.82, 2.24) is 10.6 Å². The Balaban J connectivity index is 2.37. The van der Waals surface area contributed by atoms with Gasteiger partial charge in [-0.05, 0) is 44.7 Å². The molecule has 0 saturated carbocycles. The second kappa shape index (κ2) is 8.83. The van der Waals surface area contributed by atoms with E-state index in [2.05, 4.69) is 31.4 Å². The third-order valence-corrected chi connectivity index (χ3v) is 3.49. The molecule has 2 amide bonds. The highest BCUT2D eigenvalue weighted by Crippen LogP contribution is 2.26. The van der Waals surface area contributed by atoms with Crippen molar-refractivity contribution in [2.75, 3.05) is 13.2 Å². The second-order valence-corrected chi connectivity index (χ2v) is 8.38. The van der Waals surface area contributed by atoms with Crippen molar-refractivity contribution in [3.05, 3.63) is 35.4 Å². The first-order valence-corrected chi connectivity index (χ1v) is 8.69. The van der Waals surface area contributed by atoms with Crippen LogP contribution in [0.4, 0.5) is 0 Å². The molecule has 0 spiro atoms. The van der Waals surface area contributed by atoms with Gasteiger partial charge in [-0.3, -0.25) is 14.4 Å². The molecule has 2 N–H and O–H groups in total. The number of aryl methyl sites for hydroxylation is 1. The second-order valence-electron chi connectivity index (χ2n) is 8.38. The molecule has 0 atom stereocenters. The van der Waals surface area contributed by atoms with Crippen molar-refractivity contribution < 1.29 is 19.1 Å². The molecule has 1 aromatic carbocycles. The monoisotopic (exact) mass is 362 g/mol. The van der Waals surface area contributed by atoms with E-state index < -0.39 is 11.5 Å². The Morgan fingerprint density at radius 1 is 1.08 bits per heavy atom. The van der Waals surface area contributed by atoms with E-state index in [0.29, 0.717) is 5.56 Å². The highest BCUT2D eigenvalue weighted by Gasteiger charge is 2.27. The Hall–Kier alpha value is -2.37. The normalized spacial score (nSPS) is 11.6. The number of nitrogens with one attached hydrogen (secondary N) is 2. The number of rotatable bonds is 7. The van der Waals surface area contributed by atoms with Crippen molar-refractivity contribution in [3.8, 4) is 0 Å². The lowest BCUT2D eigenvalue weighted by Crippen LogP contribution is -2.47. The fraction of sp³-hybridized carbons (Fsp3) is 0.550. The minimum absolute atomic E-state index is 0.0630. The van der Waals surface area contributed by atoms with E-state index >= 15 is 0 Å². The van der Waals surface area contributed by atoms with E-state index in [1.807, 2.05) is 26.8 Å². The van der Waals surface area contributed by atoms with Gasteiger partial charge in [-0.2, -0.15) is 0 Å². The van der Waals surface area contributed by atoms with Gasteiger partial charge in [0.2, 0.25) is 0 Å². The molecule has 144 valence electrons. The van der Waals surface area contributed by atoms with Crippen LogP contribution >= 0.6 is 0 Å². The van der Waals surface area contributed by atoms with Crippen LogP contribution in [0.3, 0.4) is 0 Å². The van der Waals surface area contributed by atoms with Gasteiger partial charge in [-0.1, -0.05) is 38.5 Å². The van der Waals surface area contributed by atoms with Gasteiger partial charge < -0.3 is 15.4 Å². The summed E-state index contributed by atoms with van der Waals surface area (Å²) in [4.78, 5) is 35.7. The lowest BCUT2D eigenvalue weighted by atomic mass is 9.82. The van der Waals surface area contributed by atoms with Crippen LogP contribution in [0.2, 0.25) is 0 Å². The summed E-state index contributed by atoms with van der Waals surface area (Å²) in [6.45, 7) is 11.4. The molecule has 0 aliphatic carbocycles. The lowest BCUT2D eigenvalue weighted by Gasteiger charge is -2.33. The lowest BCUT2D eigenvalue weighted by molar-refractivity contribution is -0.148. The Bertz CT molecular complexity index is 660. The Kier molecular flexibility index (Phi) is 7.36. The maximum Gasteiger partial charge on any atom is 0.325 e. The molecule has 0 unspecified atom stereocenters. The zero-order valence-corrected chi connectivity index (χ0v) is 16.6. The van der Waals surface area contributed by atoms with Crippen molar-refractivity contribution in [1.29, 1.82) is 0 Å². The first-order valence-electron chi connectivity index (χ1n) is 8.69. The smallest absolute Gasteiger partial charge is 0.325 e. The van der Waals surface area contributed by atoms with Gasteiger partial charge in [-0.25, -0.2) is 0 Å². The number of carbonyl (C=O) groups excluding carboxylic acids is 3. The first-order chi connectivity index (χ1) is 11.9. The molecule has 1 aromatic rings. The summed E-state index contributed by atoms with van der Waals surface area (Å²) in [5.74, 6) is -1.38. The molecule has 0 bridgehead atoms. The third-order valence-electron chi connectivity index (χ3n) is 3.49. The number of benzene rings is 1. The maximum atomic E-state index is 12.0. The van der Waals surface area contributed by atoms with Gasteiger partial charge >= 0.3 is 5.97 Å². The van der Waals surface area contributed by atoms with Gasteiger partial charge in [0.05, 0.1) is 0 Å². The van der Waals surface area contributed by atoms with Crippen LogP contribution in [0.1, 0.15) is 57.0 Å². The van der Waals surface area contributed by atoms with Crippen LogP contribution in [-0.2, 0) is 14.3 Å². The molecular weight excluding hydrogens is 332 g/mol. The molecule has 0 fully saturated rings. The van der Waals surface area contributed by atoms with Crippen LogP contribution in [0.25, 0.3) is 0 Å². The number of esters is 1. The molecule has 0 aliphatic rings. The van der Waals surface area contributed by atoms with Crippen molar-refractivity contribution in [2.24, 2.45) is 5.41 Å². The minimum atomic E-state index is -0.658. The summed E-state index contributed by atoms with van der Waals surface area (Å²) >= 11 is 0. The third kappa shape index (κ3) is 8.65. The number of hydrogen-bond acceptors (Lipinski definition) is 4. The fourth-order valence-corrected chi connectivity index (χ4v) is 3.02. The van der Waals surface area contributed by atoms with Crippen LogP contribution < -0.4 is 10.6 Å². The summed E-state index contributed by atoms with van der Waals surface area (Å²) < 4.78 is 4.92. The zero-order chi connectivity index (χ0) is 20.0. The first kappa shape index (κ1) is 21.7. The largest absolute Gasteiger partial charge is 0.454 e. The number of carbonyl (C=O) groups is 3. The topological polar surface area (TPSA) is 84.5 Å². The Morgan fingerprint density at radius 3 is 2.31 bits per heavy atom. The molecule has 0 saturated heterocycles. The number of hydrogen-bond donors (Lipinski definition) is 2. The van der Waals surface area contributed by atoms with Crippen molar-refractivity contribution in [2.45, 2.75) is 53.5 Å². The van der Waals surface area contributed by atoms with Gasteiger partial charge in [0.15, 0.2) is 6.61 Å². The molecule has 1 rings (SSSR count). The van der Waals surface area contributed by atoms with Crippen molar-refractivity contribution in [3.63, 3.8) is 0 Å². The molecular formula is C20H30N2O4. The Morgan fingerprint density at radius 2 is 1.73 bits per heavy atom. The quantitative estimate of drug-likeness (QED) is 0.730. The van der Waals surface area contributed by atoms with Gasteiger partial charge in [0.25, 0.3) is 11.8 Å². The Labute approximate surface area is 155 Å². The fourth-order valence-electron chi connectivity index (χ4n) is 3.02. The highest BCUT2D eigenvalue weighted by atomic mass is 16.5. The highest BCUT2D eigenvalue weighted by molar-refractivity contribution is 5.96. The molecule has 6 heteroatoms. The standard InChI is InChI=1S/C20H30N2O4/c1-14-8-7-9-15(10-14)18(25)21-11-17(24)26-12-16(23)22-20(5,6)13-19(2,3)4/h7-10H,11-13H2,1-6H3,(H,21,25)(H,22,23). The summed E-state index contributed by atoms with van der Waals surface area (Å²) in [5.41, 5.74) is 1.09. The van der Waals surface area contributed by atoms with E-state index in [1.54, 1.807) is 18.2 Å². The molecule has 6 nitrogen and oxygen atoms in total. The summed E-state index contributed by atoms with van der Waals surface area (Å²) in [5, 5.41) is 5.35. The number of amides is 2. The predicted molar refractivity (Wildman–Crippen MR) is 101 cm³/mol. The van der Waals surface area contributed by atoms with Crippen molar-refractivity contribution >= 4 is 17.8 Å². The summed E-state index contributed by atoms with van der Waals surface area (Å²) in [7, 11) is 0. The minimum Gasteiger partial charge on any atom is -0.454 e. The van der Waals surface area contributed by atoms with E-state index in [-0.39, 0.29) is 30.4 Å². The van der Waals surface area contributed by atoms with E-state index in [1.165, 1.54) is 0 Å². The summed E-state index contributed by atoms with van der Waals surface area (Å²) in [6, 6.07) is 7.04. The van der Waals surface area contributed by atoms with E-state index in [4.69, 9.17) is 4.74 Å². The van der Waals surface area contributed by atoms with Crippen LogP contribution in [-0.4, -0.2) is 36.5 Å². The average Bonchev–Trinajstić information content (AvgIpc) is 2.47.